The zero-order valence-corrected chi connectivity index (χ0v) is 14.8. The van der Waals surface area contributed by atoms with Crippen LogP contribution in [0.2, 0.25) is 5.02 Å². The molecule has 0 saturated carbocycles. The third-order valence-electron chi connectivity index (χ3n) is 4.13. The number of aromatic nitrogens is 3. The molecule has 1 aliphatic rings. The predicted molar refractivity (Wildman–Crippen MR) is 97.2 cm³/mol. The molecule has 134 valence electrons. The minimum absolute atomic E-state index is 0.0268. The van der Waals surface area contributed by atoms with Crippen molar-refractivity contribution in [2.75, 3.05) is 6.54 Å². The number of aromatic amines is 1. The van der Waals surface area contributed by atoms with E-state index < -0.39 is 6.09 Å². The topological polar surface area (TPSA) is 89.1 Å². The van der Waals surface area contributed by atoms with Crippen molar-refractivity contribution in [2.45, 2.75) is 26.1 Å². The molecule has 4 bridgehead atoms. The van der Waals surface area contributed by atoms with Crippen molar-refractivity contribution in [3.8, 4) is 17.1 Å². The first-order chi connectivity index (χ1) is 12.6. The maximum absolute atomic E-state index is 11.8. The fourth-order valence-electron chi connectivity index (χ4n) is 2.87. The highest BCUT2D eigenvalue weighted by molar-refractivity contribution is 6.30. The number of hydrogen-bond acceptors (Lipinski definition) is 5. The number of nitrogens with one attached hydrogen (secondary N) is 2. The summed E-state index contributed by atoms with van der Waals surface area (Å²) in [4.78, 5) is 16.4. The average molecular weight is 373 g/mol. The summed E-state index contributed by atoms with van der Waals surface area (Å²) >= 11 is 6.22. The third-order valence-corrected chi connectivity index (χ3v) is 4.35. The highest BCUT2D eigenvalue weighted by Crippen LogP contribution is 2.30. The normalized spacial score (nSPS) is 17.8. The molecule has 3 aromatic rings. The number of pyridine rings is 1. The van der Waals surface area contributed by atoms with Crippen LogP contribution in [0.4, 0.5) is 4.79 Å². The number of ether oxygens (including phenoxy) is 2. The Morgan fingerprint density at radius 3 is 3.04 bits per heavy atom. The molecule has 26 heavy (non-hydrogen) atoms. The van der Waals surface area contributed by atoms with Crippen LogP contribution in [-0.2, 0) is 11.3 Å². The van der Waals surface area contributed by atoms with Gasteiger partial charge in [0.15, 0.2) is 0 Å². The van der Waals surface area contributed by atoms with Crippen molar-refractivity contribution in [1.82, 2.24) is 20.5 Å². The summed E-state index contributed by atoms with van der Waals surface area (Å²) in [6.07, 6.45) is 0.0865. The number of carbonyl (C=O) groups is 1. The van der Waals surface area contributed by atoms with Gasteiger partial charge in [0, 0.05) is 23.4 Å². The number of benzene rings is 1. The van der Waals surface area contributed by atoms with E-state index in [9.17, 15) is 4.79 Å². The maximum Gasteiger partial charge on any atom is 0.407 e. The Bertz CT molecular complexity index is 972. The number of rotatable bonds is 0. The lowest BCUT2D eigenvalue weighted by atomic mass is 10.1. The van der Waals surface area contributed by atoms with Crippen molar-refractivity contribution in [3.05, 3.63) is 41.0 Å². The number of cyclic esters (lactones) is 1. The zero-order chi connectivity index (χ0) is 18.1. The van der Waals surface area contributed by atoms with E-state index >= 15 is 0 Å². The van der Waals surface area contributed by atoms with Gasteiger partial charge in [-0.2, -0.15) is 5.10 Å². The summed E-state index contributed by atoms with van der Waals surface area (Å²) < 4.78 is 11.2. The first kappa shape index (κ1) is 16.7. The minimum atomic E-state index is -0.502. The van der Waals surface area contributed by atoms with Crippen molar-refractivity contribution in [2.24, 2.45) is 0 Å². The molecule has 3 heterocycles. The highest BCUT2D eigenvalue weighted by atomic mass is 35.5. The van der Waals surface area contributed by atoms with Crippen LogP contribution in [0, 0.1) is 0 Å². The van der Waals surface area contributed by atoms with E-state index in [1.807, 2.05) is 25.1 Å². The van der Waals surface area contributed by atoms with Crippen LogP contribution in [0.3, 0.4) is 0 Å². The second-order valence-corrected chi connectivity index (χ2v) is 6.60. The standard InChI is InChI=1S/C18H17ClN4O3/c1-10-4-5-20-18(24)25-9-12-6-11(19)7-16(21-12)17-14-8-13(26-10)2-3-15(14)22-23-17/h2-3,6-8,10H,4-5,9H2,1H3,(H,20,24)(H,22,23)/t10-/m1/s1. The second-order valence-electron chi connectivity index (χ2n) is 6.16. The molecule has 1 atom stereocenters. The SMILES string of the molecule is C[C@@H]1CCNC(=O)OCc2cc(Cl)cc(n2)-c2n[nH]c3ccc(cc23)O1. The molecule has 0 spiro atoms. The van der Waals surface area contributed by atoms with Crippen LogP contribution < -0.4 is 10.1 Å². The number of nitrogens with zero attached hydrogens (tertiary/aromatic N) is 2. The number of H-pyrrole nitrogens is 1. The van der Waals surface area contributed by atoms with Crippen LogP contribution in [-0.4, -0.2) is 33.9 Å². The van der Waals surface area contributed by atoms with Crippen LogP contribution in [0.5, 0.6) is 5.75 Å². The molecule has 0 fully saturated rings. The quantitative estimate of drug-likeness (QED) is 0.628. The smallest absolute Gasteiger partial charge is 0.407 e. The largest absolute Gasteiger partial charge is 0.491 e. The first-order valence-electron chi connectivity index (χ1n) is 8.31. The summed E-state index contributed by atoms with van der Waals surface area (Å²) in [6.45, 7) is 2.43. The number of halogens is 1. The van der Waals surface area contributed by atoms with Gasteiger partial charge in [-0.05, 0) is 37.3 Å². The minimum Gasteiger partial charge on any atom is -0.491 e. The Kier molecular flexibility index (Phi) is 4.38. The Balaban J connectivity index is 1.82. The summed E-state index contributed by atoms with van der Waals surface area (Å²) in [6, 6.07) is 9.14. The number of fused-ring (bicyclic) bond motifs is 4. The molecule has 1 aliphatic heterocycles. The van der Waals surface area contributed by atoms with Crippen LogP contribution in [0.25, 0.3) is 22.3 Å². The fourth-order valence-corrected chi connectivity index (χ4v) is 3.10. The lowest BCUT2D eigenvalue weighted by Crippen LogP contribution is -2.28. The van der Waals surface area contributed by atoms with Crippen LogP contribution >= 0.6 is 11.6 Å². The van der Waals surface area contributed by atoms with E-state index in [2.05, 4.69) is 20.5 Å². The van der Waals surface area contributed by atoms with Gasteiger partial charge in [-0.1, -0.05) is 11.6 Å². The Morgan fingerprint density at radius 1 is 1.27 bits per heavy atom. The average Bonchev–Trinajstić information content (AvgIpc) is 3.02. The zero-order valence-electron chi connectivity index (χ0n) is 14.1. The van der Waals surface area contributed by atoms with Gasteiger partial charge in [0.1, 0.15) is 18.1 Å². The first-order valence-corrected chi connectivity index (χ1v) is 8.68. The van der Waals surface area contributed by atoms with Gasteiger partial charge in [-0.15, -0.1) is 0 Å². The molecule has 8 heteroatoms. The van der Waals surface area contributed by atoms with Gasteiger partial charge >= 0.3 is 6.09 Å². The molecule has 4 rings (SSSR count). The van der Waals surface area contributed by atoms with Crippen LogP contribution in [0.1, 0.15) is 19.0 Å². The molecule has 0 aliphatic carbocycles. The molecule has 2 N–H and O–H groups in total. The van der Waals surface area contributed by atoms with Gasteiger partial charge < -0.3 is 14.8 Å². The lowest BCUT2D eigenvalue weighted by Gasteiger charge is -2.15. The number of amides is 1. The summed E-state index contributed by atoms with van der Waals surface area (Å²) in [5.74, 6) is 0.729. The van der Waals surface area contributed by atoms with E-state index in [0.29, 0.717) is 35.1 Å². The van der Waals surface area contributed by atoms with Gasteiger partial charge in [-0.3, -0.25) is 5.10 Å². The third kappa shape index (κ3) is 3.43. The van der Waals surface area contributed by atoms with Crippen molar-refractivity contribution in [1.29, 1.82) is 0 Å². The monoisotopic (exact) mass is 372 g/mol. The molecule has 7 nitrogen and oxygen atoms in total. The summed E-state index contributed by atoms with van der Waals surface area (Å²) in [7, 11) is 0. The van der Waals surface area contributed by atoms with Crippen molar-refractivity contribution in [3.63, 3.8) is 0 Å². The van der Waals surface area contributed by atoms with Gasteiger partial charge in [0.25, 0.3) is 0 Å². The van der Waals surface area contributed by atoms with Crippen molar-refractivity contribution < 1.29 is 14.3 Å². The molecule has 0 radical (unpaired) electrons. The van der Waals surface area contributed by atoms with E-state index in [1.54, 1.807) is 12.1 Å². The maximum atomic E-state index is 11.8. The number of hydrogen-bond donors (Lipinski definition) is 2. The summed E-state index contributed by atoms with van der Waals surface area (Å²) in [5.41, 5.74) is 2.69. The van der Waals surface area contributed by atoms with E-state index in [-0.39, 0.29) is 12.7 Å². The molecule has 0 unspecified atom stereocenters. The van der Waals surface area contributed by atoms with E-state index in [1.165, 1.54) is 0 Å². The number of carbonyl (C=O) groups excluding carboxylic acids is 1. The molecule has 0 saturated heterocycles. The van der Waals surface area contributed by atoms with E-state index in [0.717, 1.165) is 16.7 Å². The van der Waals surface area contributed by atoms with Gasteiger partial charge in [0.2, 0.25) is 0 Å². The summed E-state index contributed by atoms with van der Waals surface area (Å²) in [5, 5.41) is 11.5. The molecular weight excluding hydrogens is 356 g/mol. The van der Waals surface area contributed by atoms with Crippen molar-refractivity contribution >= 4 is 28.6 Å². The Hall–Kier alpha value is -2.80. The number of alkyl carbamates (subject to hydrolysis) is 1. The van der Waals surface area contributed by atoms with Crippen LogP contribution in [0.15, 0.2) is 30.3 Å². The van der Waals surface area contributed by atoms with Gasteiger partial charge in [-0.25, -0.2) is 9.78 Å². The molecule has 1 aromatic carbocycles. The predicted octanol–water partition coefficient (Wildman–Crippen LogP) is 3.68. The lowest BCUT2D eigenvalue weighted by molar-refractivity contribution is 0.136. The fraction of sp³-hybridized carbons (Fsp3) is 0.278. The highest BCUT2D eigenvalue weighted by Gasteiger charge is 2.15. The molecule has 1 amide bonds. The van der Waals surface area contributed by atoms with E-state index in [4.69, 9.17) is 21.1 Å². The Labute approximate surface area is 154 Å². The van der Waals surface area contributed by atoms with Gasteiger partial charge in [0.05, 0.1) is 23.0 Å². The molecular formula is C18H17ClN4O3. The second kappa shape index (κ2) is 6.84. The molecule has 2 aromatic heterocycles. The Morgan fingerprint density at radius 2 is 2.15 bits per heavy atom.